The number of nitrogens with zero attached hydrogens (tertiary/aromatic N) is 1. The van der Waals surface area contributed by atoms with Crippen LogP contribution in [0.1, 0.15) is 10.4 Å². The SMILES string of the molecule is COc1ccc([N-]S(=O)(=O)c2cc(C(=O)Nc3ccc[nH+]c3)ccc2F)cc1. The molecule has 0 atom stereocenters. The molecule has 144 valence electrons. The number of anilines is 1. The molecule has 3 aromatic rings. The number of rotatable bonds is 6. The number of aromatic amines is 1. The van der Waals surface area contributed by atoms with Crippen molar-refractivity contribution in [1.29, 1.82) is 0 Å². The highest BCUT2D eigenvalue weighted by molar-refractivity contribution is 7.94. The molecule has 0 unspecified atom stereocenters. The third-order valence-electron chi connectivity index (χ3n) is 3.73. The van der Waals surface area contributed by atoms with Gasteiger partial charge in [0.15, 0.2) is 12.4 Å². The number of methoxy groups -OCH3 is 1. The second-order valence-electron chi connectivity index (χ2n) is 5.66. The van der Waals surface area contributed by atoms with Crippen LogP contribution in [0, 0.1) is 5.82 Å². The molecular weight excluding hydrogens is 385 g/mol. The maximum atomic E-state index is 14.2. The lowest BCUT2D eigenvalue weighted by Crippen LogP contribution is -2.15. The second-order valence-corrected chi connectivity index (χ2v) is 7.23. The molecule has 0 aliphatic carbocycles. The normalized spacial score (nSPS) is 10.9. The molecule has 2 N–H and O–H groups in total. The lowest BCUT2D eigenvalue weighted by molar-refractivity contribution is -0.377. The van der Waals surface area contributed by atoms with Gasteiger partial charge in [-0.1, -0.05) is 12.1 Å². The van der Waals surface area contributed by atoms with Gasteiger partial charge in [-0.3, -0.25) is 4.79 Å². The minimum Gasteiger partial charge on any atom is -0.573 e. The lowest BCUT2D eigenvalue weighted by Gasteiger charge is -2.22. The molecule has 0 spiro atoms. The van der Waals surface area contributed by atoms with Gasteiger partial charge in [0.05, 0.1) is 12.0 Å². The summed E-state index contributed by atoms with van der Waals surface area (Å²) >= 11 is 0. The summed E-state index contributed by atoms with van der Waals surface area (Å²) in [6, 6.07) is 12.3. The first-order valence-corrected chi connectivity index (χ1v) is 9.52. The van der Waals surface area contributed by atoms with Gasteiger partial charge in [0, 0.05) is 11.6 Å². The molecule has 0 radical (unpaired) electrons. The van der Waals surface area contributed by atoms with Gasteiger partial charge < -0.3 is 14.8 Å². The molecule has 9 heteroatoms. The second kappa shape index (κ2) is 8.05. The monoisotopic (exact) mass is 401 g/mol. The fraction of sp³-hybridized carbons (Fsp3) is 0.0526. The number of nitrogens with one attached hydrogen (secondary N) is 2. The van der Waals surface area contributed by atoms with Crippen molar-refractivity contribution < 1.29 is 27.3 Å². The van der Waals surface area contributed by atoms with Crippen molar-refractivity contribution in [2.75, 3.05) is 12.4 Å². The predicted molar refractivity (Wildman–Crippen MR) is 101 cm³/mol. The van der Waals surface area contributed by atoms with Gasteiger partial charge in [-0.25, -0.2) is 17.8 Å². The van der Waals surface area contributed by atoms with Crippen molar-refractivity contribution in [2.24, 2.45) is 0 Å². The van der Waals surface area contributed by atoms with E-state index in [0.717, 1.165) is 12.1 Å². The van der Waals surface area contributed by atoms with Crippen LogP contribution in [0.15, 0.2) is 71.9 Å². The summed E-state index contributed by atoms with van der Waals surface area (Å²) in [5.41, 5.74) is 0.563. The third kappa shape index (κ3) is 4.44. The Hall–Kier alpha value is -3.46. The van der Waals surface area contributed by atoms with Crippen LogP contribution in [0.3, 0.4) is 0 Å². The average Bonchev–Trinajstić information content (AvgIpc) is 2.69. The molecule has 0 aliphatic rings. The summed E-state index contributed by atoms with van der Waals surface area (Å²) in [7, 11) is -2.89. The van der Waals surface area contributed by atoms with Crippen molar-refractivity contribution >= 4 is 27.3 Å². The molecule has 0 saturated heterocycles. The number of halogens is 1. The molecule has 1 aromatic heterocycles. The van der Waals surface area contributed by atoms with E-state index in [1.54, 1.807) is 24.5 Å². The minimum atomic E-state index is -4.37. The fourth-order valence-corrected chi connectivity index (χ4v) is 3.44. The number of benzene rings is 2. The van der Waals surface area contributed by atoms with Gasteiger partial charge in [-0.05, 0) is 36.4 Å². The largest absolute Gasteiger partial charge is 0.573 e. The number of amides is 1. The zero-order valence-corrected chi connectivity index (χ0v) is 15.5. The highest BCUT2D eigenvalue weighted by atomic mass is 32.2. The van der Waals surface area contributed by atoms with Gasteiger partial charge in [-0.2, -0.15) is 0 Å². The quantitative estimate of drug-likeness (QED) is 0.685. The third-order valence-corrected chi connectivity index (χ3v) is 5.05. The molecule has 0 bridgehead atoms. The maximum absolute atomic E-state index is 14.2. The van der Waals surface area contributed by atoms with Crippen molar-refractivity contribution in [3.63, 3.8) is 0 Å². The zero-order valence-electron chi connectivity index (χ0n) is 14.7. The first-order chi connectivity index (χ1) is 13.4. The van der Waals surface area contributed by atoms with E-state index in [-0.39, 0.29) is 11.3 Å². The molecule has 0 fully saturated rings. The van der Waals surface area contributed by atoms with E-state index in [4.69, 9.17) is 4.74 Å². The number of pyridine rings is 1. The van der Waals surface area contributed by atoms with E-state index in [0.29, 0.717) is 11.4 Å². The molecule has 28 heavy (non-hydrogen) atoms. The number of ether oxygens (including phenoxy) is 1. The maximum Gasteiger partial charge on any atom is 0.255 e. The summed E-state index contributed by atoms with van der Waals surface area (Å²) in [5.74, 6) is -1.05. The van der Waals surface area contributed by atoms with Crippen molar-refractivity contribution in [3.05, 3.63) is 83.1 Å². The van der Waals surface area contributed by atoms with Crippen LogP contribution in [0.25, 0.3) is 4.72 Å². The molecule has 0 saturated carbocycles. The lowest BCUT2D eigenvalue weighted by atomic mass is 10.2. The molecule has 2 aromatic carbocycles. The van der Waals surface area contributed by atoms with Gasteiger partial charge in [0.1, 0.15) is 27.3 Å². The van der Waals surface area contributed by atoms with Crippen LogP contribution in [-0.4, -0.2) is 21.4 Å². The Kier molecular flexibility index (Phi) is 5.55. The fourth-order valence-electron chi connectivity index (χ4n) is 2.35. The van der Waals surface area contributed by atoms with Crippen molar-refractivity contribution in [1.82, 2.24) is 0 Å². The van der Waals surface area contributed by atoms with Crippen LogP contribution >= 0.6 is 0 Å². The van der Waals surface area contributed by atoms with Crippen LogP contribution in [0.2, 0.25) is 0 Å². The topological polar surface area (TPSA) is 101 Å². The van der Waals surface area contributed by atoms with Gasteiger partial charge in [0.2, 0.25) is 0 Å². The van der Waals surface area contributed by atoms with Gasteiger partial charge >= 0.3 is 0 Å². The molecular formula is C19H16FN3O4S. The molecule has 1 heterocycles. The van der Waals surface area contributed by atoms with Crippen LogP contribution in [0.4, 0.5) is 15.8 Å². The van der Waals surface area contributed by atoms with E-state index in [9.17, 15) is 17.6 Å². The number of carbonyl (C=O) groups is 1. The summed E-state index contributed by atoms with van der Waals surface area (Å²) in [6.45, 7) is 0. The zero-order chi connectivity index (χ0) is 20.1. The van der Waals surface area contributed by atoms with Crippen LogP contribution < -0.4 is 15.0 Å². The summed E-state index contributed by atoms with van der Waals surface area (Å²) in [4.78, 5) is 14.5. The Morgan fingerprint density at radius 2 is 1.89 bits per heavy atom. The van der Waals surface area contributed by atoms with Gasteiger partial charge in [-0.15, -0.1) is 5.69 Å². The highest BCUT2D eigenvalue weighted by Crippen LogP contribution is 2.31. The molecule has 0 aliphatic heterocycles. The Balaban J connectivity index is 1.86. The van der Waals surface area contributed by atoms with Crippen LogP contribution in [0.5, 0.6) is 5.75 Å². The highest BCUT2D eigenvalue weighted by Gasteiger charge is 2.16. The standard InChI is InChI=1S/C19H15FN3O4S/c1-27-16-7-5-14(6-8-16)23-28(25,26)18-11-13(4-9-17(18)20)19(24)22-15-3-2-10-21-12-15/h2-12H,1H3,(H,22,24)/q-1/p+1. The van der Waals surface area contributed by atoms with E-state index < -0.39 is 26.6 Å². The number of carbonyl (C=O) groups excluding carboxylic acids is 1. The minimum absolute atomic E-state index is 0.0197. The van der Waals surface area contributed by atoms with Gasteiger partial charge in [0.25, 0.3) is 5.91 Å². The van der Waals surface area contributed by atoms with Crippen molar-refractivity contribution in [3.8, 4) is 5.75 Å². The smallest absolute Gasteiger partial charge is 0.255 e. The van der Waals surface area contributed by atoms with Crippen LogP contribution in [-0.2, 0) is 10.0 Å². The Morgan fingerprint density at radius 3 is 2.54 bits per heavy atom. The van der Waals surface area contributed by atoms with Crippen molar-refractivity contribution in [2.45, 2.75) is 4.90 Å². The summed E-state index contributed by atoms with van der Waals surface area (Å²) in [6.07, 6.45) is 3.22. The Bertz CT molecular complexity index is 1090. The van der Waals surface area contributed by atoms with E-state index in [2.05, 4.69) is 15.0 Å². The summed E-state index contributed by atoms with van der Waals surface area (Å²) in [5, 5.41) is 2.59. The Labute approximate surface area is 161 Å². The molecule has 1 amide bonds. The number of hydrogen-bond acceptors (Lipinski definition) is 4. The van der Waals surface area contributed by atoms with E-state index >= 15 is 0 Å². The average molecular weight is 401 g/mol. The first kappa shape index (κ1) is 19.3. The first-order valence-electron chi connectivity index (χ1n) is 8.08. The number of aromatic nitrogens is 1. The summed E-state index contributed by atoms with van der Waals surface area (Å²) < 4.78 is 47.9. The van der Waals surface area contributed by atoms with E-state index in [1.165, 1.54) is 37.4 Å². The number of sulfonamides is 1. The van der Waals surface area contributed by atoms with E-state index in [1.807, 2.05) is 0 Å². The number of H-pyrrole nitrogens is 1. The predicted octanol–water partition coefficient (Wildman–Crippen LogP) is 3.29. The molecule has 7 nitrogen and oxygen atoms in total. The number of hydrogen-bond donors (Lipinski definition) is 1. The Morgan fingerprint density at radius 1 is 1.14 bits per heavy atom. The molecule has 3 rings (SSSR count).